The minimum atomic E-state index is -4.38. The number of amides is 1. The van der Waals surface area contributed by atoms with Gasteiger partial charge in [-0.2, -0.15) is 13.2 Å². The summed E-state index contributed by atoms with van der Waals surface area (Å²) in [5, 5.41) is 2.82. The van der Waals surface area contributed by atoms with Gasteiger partial charge in [0.15, 0.2) is 0 Å². The van der Waals surface area contributed by atoms with Crippen molar-refractivity contribution in [2.45, 2.75) is 50.9 Å². The number of pyridine rings is 1. The highest BCUT2D eigenvalue weighted by atomic mass is 19.4. The summed E-state index contributed by atoms with van der Waals surface area (Å²) in [4.78, 5) is 16.1. The van der Waals surface area contributed by atoms with E-state index in [2.05, 4.69) is 10.3 Å². The number of hydrogen-bond acceptors (Lipinski definition) is 3. The molecule has 0 radical (unpaired) electrons. The summed E-state index contributed by atoms with van der Waals surface area (Å²) in [6.45, 7) is 5.40. The average molecular weight is 378 g/mol. The molecule has 2 atom stereocenters. The van der Waals surface area contributed by atoms with Gasteiger partial charge in [0.25, 0.3) is 0 Å². The summed E-state index contributed by atoms with van der Waals surface area (Å²) in [5.74, 6) is 0.139. The second kappa shape index (κ2) is 6.87. The van der Waals surface area contributed by atoms with E-state index in [0.717, 1.165) is 24.1 Å². The molecule has 2 aromatic rings. The first-order valence-corrected chi connectivity index (χ1v) is 8.66. The molecule has 1 aromatic carbocycles. The molecule has 1 N–H and O–H groups in total. The number of alkyl halides is 3. The molecule has 1 amide bonds. The number of nitrogens with zero attached hydrogens (tertiary/aromatic N) is 1. The largest absolute Gasteiger partial charge is 0.444 e. The van der Waals surface area contributed by atoms with Gasteiger partial charge in [-0.3, -0.25) is 4.98 Å². The molecule has 1 aliphatic rings. The maximum atomic E-state index is 12.8. The highest BCUT2D eigenvalue weighted by molar-refractivity contribution is 5.69. The molecule has 3 rings (SSSR count). The molecular formula is C20H21F3N2O2. The Labute approximate surface area is 155 Å². The number of rotatable bonds is 3. The number of carbonyl (C=O) groups excluding carboxylic acids is 1. The van der Waals surface area contributed by atoms with Crippen molar-refractivity contribution >= 4 is 6.09 Å². The van der Waals surface area contributed by atoms with Crippen LogP contribution in [0.5, 0.6) is 0 Å². The lowest BCUT2D eigenvalue weighted by atomic mass is 10.1. The van der Waals surface area contributed by atoms with Crippen molar-refractivity contribution in [3.05, 3.63) is 53.7 Å². The summed E-state index contributed by atoms with van der Waals surface area (Å²) < 4.78 is 43.8. The fraction of sp³-hybridized carbons (Fsp3) is 0.400. The summed E-state index contributed by atoms with van der Waals surface area (Å²) >= 11 is 0. The zero-order valence-electron chi connectivity index (χ0n) is 15.3. The van der Waals surface area contributed by atoms with Crippen molar-refractivity contribution in [3.8, 4) is 11.3 Å². The summed E-state index contributed by atoms with van der Waals surface area (Å²) in [5.41, 5.74) is 0.571. The first-order valence-electron chi connectivity index (χ1n) is 8.66. The van der Waals surface area contributed by atoms with Crippen LogP contribution in [0.25, 0.3) is 11.3 Å². The Morgan fingerprint density at radius 2 is 1.93 bits per heavy atom. The molecule has 1 aliphatic carbocycles. The zero-order valence-corrected chi connectivity index (χ0v) is 15.3. The third-order valence-electron chi connectivity index (χ3n) is 4.19. The Kier molecular flexibility index (Phi) is 4.88. The number of benzene rings is 1. The van der Waals surface area contributed by atoms with Crippen molar-refractivity contribution in [1.29, 1.82) is 0 Å². The van der Waals surface area contributed by atoms with Gasteiger partial charge in [0.05, 0.1) is 11.3 Å². The predicted molar refractivity (Wildman–Crippen MR) is 95.2 cm³/mol. The Hall–Kier alpha value is -2.57. The first-order chi connectivity index (χ1) is 12.5. The monoisotopic (exact) mass is 378 g/mol. The molecule has 0 bridgehead atoms. The minimum Gasteiger partial charge on any atom is -0.444 e. The second-order valence-electron chi connectivity index (χ2n) is 7.65. The Morgan fingerprint density at radius 3 is 2.52 bits per heavy atom. The van der Waals surface area contributed by atoms with Crippen LogP contribution in [0.4, 0.5) is 18.0 Å². The van der Waals surface area contributed by atoms with E-state index in [9.17, 15) is 18.0 Å². The smallest absolute Gasteiger partial charge is 0.416 e. The van der Waals surface area contributed by atoms with Gasteiger partial charge in [-0.15, -0.1) is 0 Å². The van der Waals surface area contributed by atoms with E-state index in [0.29, 0.717) is 11.3 Å². The van der Waals surface area contributed by atoms with Gasteiger partial charge in [-0.25, -0.2) is 4.79 Å². The molecule has 0 spiro atoms. The molecule has 1 aromatic heterocycles. The van der Waals surface area contributed by atoms with Crippen LogP contribution in [0.1, 0.15) is 44.2 Å². The van der Waals surface area contributed by atoms with Crippen LogP contribution in [0.3, 0.4) is 0 Å². The third kappa shape index (κ3) is 4.99. The molecule has 0 unspecified atom stereocenters. The highest BCUT2D eigenvalue weighted by Gasteiger charge is 2.40. The van der Waals surface area contributed by atoms with Gasteiger partial charge in [-0.05, 0) is 51.0 Å². The minimum absolute atomic E-state index is 0.0129. The molecule has 1 heterocycles. The van der Waals surface area contributed by atoms with Gasteiger partial charge in [0, 0.05) is 23.7 Å². The van der Waals surface area contributed by atoms with Gasteiger partial charge in [0.2, 0.25) is 0 Å². The van der Waals surface area contributed by atoms with Crippen molar-refractivity contribution in [2.75, 3.05) is 0 Å². The maximum Gasteiger partial charge on any atom is 0.416 e. The molecule has 1 saturated carbocycles. The average Bonchev–Trinajstić information content (AvgIpc) is 3.31. The number of halogens is 3. The van der Waals surface area contributed by atoms with E-state index in [1.165, 1.54) is 6.07 Å². The van der Waals surface area contributed by atoms with Gasteiger partial charge in [-0.1, -0.05) is 18.2 Å². The van der Waals surface area contributed by atoms with E-state index in [1.54, 1.807) is 39.1 Å². The quantitative estimate of drug-likeness (QED) is 0.804. The predicted octanol–water partition coefficient (Wildman–Crippen LogP) is 5.15. The number of alkyl carbamates (subject to hydrolysis) is 1. The summed E-state index contributed by atoms with van der Waals surface area (Å²) in [6, 6.07) is 8.62. The highest BCUT2D eigenvalue weighted by Crippen LogP contribution is 2.41. The molecule has 0 saturated heterocycles. The SMILES string of the molecule is CC(C)(C)OC(=O)N[C@H]1C[C@@H]1c1ccc(-c2cccc(C(F)(F)F)c2)nc1. The number of ether oxygens (including phenoxy) is 1. The molecule has 144 valence electrons. The van der Waals surface area contributed by atoms with Crippen LogP contribution in [-0.2, 0) is 10.9 Å². The Bertz CT molecular complexity index is 826. The lowest BCUT2D eigenvalue weighted by Crippen LogP contribution is -2.34. The fourth-order valence-electron chi connectivity index (χ4n) is 2.83. The van der Waals surface area contributed by atoms with Crippen LogP contribution in [0.15, 0.2) is 42.6 Å². The van der Waals surface area contributed by atoms with E-state index < -0.39 is 23.4 Å². The van der Waals surface area contributed by atoms with Crippen LogP contribution >= 0.6 is 0 Å². The molecule has 7 heteroatoms. The van der Waals surface area contributed by atoms with Crippen LogP contribution in [0, 0.1) is 0 Å². The van der Waals surface area contributed by atoms with E-state index >= 15 is 0 Å². The lowest BCUT2D eigenvalue weighted by Gasteiger charge is -2.19. The Balaban J connectivity index is 1.65. The van der Waals surface area contributed by atoms with Crippen molar-refractivity contribution in [1.82, 2.24) is 10.3 Å². The summed E-state index contributed by atoms with van der Waals surface area (Å²) in [6.07, 6.45) is -2.41. The summed E-state index contributed by atoms with van der Waals surface area (Å²) in [7, 11) is 0. The number of hydrogen-bond donors (Lipinski definition) is 1. The van der Waals surface area contributed by atoms with E-state index in [4.69, 9.17) is 4.74 Å². The normalized spacial score (nSPS) is 19.5. The fourth-order valence-corrected chi connectivity index (χ4v) is 2.83. The molecule has 0 aliphatic heterocycles. The van der Waals surface area contributed by atoms with Gasteiger partial charge in [0.1, 0.15) is 5.60 Å². The third-order valence-corrected chi connectivity index (χ3v) is 4.19. The second-order valence-corrected chi connectivity index (χ2v) is 7.65. The van der Waals surface area contributed by atoms with Crippen molar-refractivity contribution in [3.63, 3.8) is 0 Å². The van der Waals surface area contributed by atoms with Gasteiger partial charge >= 0.3 is 12.3 Å². The lowest BCUT2D eigenvalue weighted by molar-refractivity contribution is -0.137. The van der Waals surface area contributed by atoms with Crippen molar-refractivity contribution in [2.24, 2.45) is 0 Å². The number of carbonyl (C=O) groups is 1. The van der Waals surface area contributed by atoms with Crippen molar-refractivity contribution < 1.29 is 22.7 Å². The molecule has 27 heavy (non-hydrogen) atoms. The zero-order chi connectivity index (χ0) is 19.8. The van der Waals surface area contributed by atoms with Gasteiger partial charge < -0.3 is 10.1 Å². The van der Waals surface area contributed by atoms with Crippen LogP contribution in [0.2, 0.25) is 0 Å². The maximum absolute atomic E-state index is 12.8. The number of aromatic nitrogens is 1. The first kappa shape index (κ1) is 19.2. The standard InChI is InChI=1S/C20H21F3N2O2/c1-19(2,3)27-18(26)25-17-10-15(17)13-7-8-16(24-11-13)12-5-4-6-14(9-12)20(21,22)23/h4-9,11,15,17H,10H2,1-3H3,(H,25,26)/t15-,17+/m1/s1. The van der Waals surface area contributed by atoms with E-state index in [-0.39, 0.29) is 12.0 Å². The van der Waals surface area contributed by atoms with E-state index in [1.807, 2.05) is 6.07 Å². The molecule has 1 fully saturated rings. The van der Waals surface area contributed by atoms with Crippen LogP contribution < -0.4 is 5.32 Å². The number of nitrogens with one attached hydrogen (secondary N) is 1. The molecular weight excluding hydrogens is 357 g/mol. The van der Waals surface area contributed by atoms with Crippen LogP contribution in [-0.4, -0.2) is 22.7 Å². The molecule has 4 nitrogen and oxygen atoms in total. The Morgan fingerprint density at radius 1 is 1.19 bits per heavy atom. The topological polar surface area (TPSA) is 51.2 Å².